The number of esters is 2. The molecule has 0 spiro atoms. The quantitative estimate of drug-likeness (QED) is 0.0646. The molecule has 43 heavy (non-hydrogen) atoms. The number of carbonyl (C=O) groups is 3. The second-order valence-electron chi connectivity index (χ2n) is 8.13. The van der Waals surface area contributed by atoms with Crippen molar-refractivity contribution in [1.82, 2.24) is 0 Å². The smallest absolute Gasteiger partial charge is 1.00 e. The maximum atomic E-state index is 11.3. The Balaban J connectivity index is -0.000000271. The first kappa shape index (κ1) is 44.3. The number of terminal acetylenes is 2. The summed E-state index contributed by atoms with van der Waals surface area (Å²) in [5.74, 6) is 6.13. The number of hydrogen-bond acceptors (Lipinski definition) is 9. The molecule has 2 saturated carbocycles. The van der Waals surface area contributed by atoms with Gasteiger partial charge in [-0.3, -0.25) is 18.8 Å². The van der Waals surface area contributed by atoms with E-state index in [0.29, 0.717) is 11.2 Å². The van der Waals surface area contributed by atoms with E-state index in [1.807, 2.05) is 36.4 Å². The van der Waals surface area contributed by atoms with Crippen LogP contribution in [0.25, 0.3) is 0 Å². The van der Waals surface area contributed by atoms with Gasteiger partial charge in [0.25, 0.3) is 6.47 Å². The molecule has 4 rings (SSSR count). The molecule has 4 unspecified atom stereocenters. The molecular weight excluding hydrogens is 681 g/mol. The van der Waals surface area contributed by atoms with E-state index in [9.17, 15) is 14.0 Å². The zero-order valence-corrected chi connectivity index (χ0v) is 32.5. The average molecular weight is 717 g/mol. The van der Waals surface area contributed by atoms with E-state index in [1.54, 1.807) is 12.1 Å². The van der Waals surface area contributed by atoms with Crippen molar-refractivity contribution in [2.75, 3.05) is 33.3 Å². The number of rotatable bonds is 7. The Kier molecular flexibility index (Phi) is 29.6. The third-order valence-electron chi connectivity index (χ3n) is 5.66. The zero-order chi connectivity index (χ0) is 31.9. The Bertz CT molecular complexity index is 1160. The second-order valence-corrected chi connectivity index (χ2v) is 8.69. The van der Waals surface area contributed by atoms with Gasteiger partial charge in [-0.25, -0.2) is 0 Å². The predicted octanol–water partition coefficient (Wildman–Crippen LogP) is -2.20. The summed E-state index contributed by atoms with van der Waals surface area (Å²) in [5, 5.41) is 18.2. The number of phenolic OH excluding ortho intramolecular Hbond substituents is 1. The second kappa shape index (κ2) is 28.7. The Labute approximate surface area is 348 Å². The molecule has 2 fully saturated rings. The van der Waals surface area contributed by atoms with E-state index >= 15 is 0 Å². The number of ether oxygens (including phenoxy) is 3. The van der Waals surface area contributed by atoms with Crippen molar-refractivity contribution in [3.8, 4) is 36.2 Å². The van der Waals surface area contributed by atoms with Crippen LogP contribution in [0.15, 0.2) is 48.5 Å². The summed E-state index contributed by atoms with van der Waals surface area (Å²) in [6.07, 6.45) is 11.6. The van der Waals surface area contributed by atoms with E-state index in [-0.39, 0.29) is 153 Å². The van der Waals surface area contributed by atoms with E-state index in [1.165, 1.54) is 14.2 Å². The van der Waals surface area contributed by atoms with Crippen molar-refractivity contribution in [3.05, 3.63) is 59.7 Å². The number of methoxy groups -OCH3 is 2. The molecule has 0 amide bonds. The molecule has 2 aliphatic carbocycles. The number of carbonyl (C=O) groups excluding carboxylic acids is 3. The fourth-order valence-electron chi connectivity index (χ4n) is 3.61. The predicted molar refractivity (Wildman–Crippen MR) is 153 cm³/mol. The summed E-state index contributed by atoms with van der Waals surface area (Å²) in [4.78, 5) is 33.7. The van der Waals surface area contributed by atoms with Crippen molar-refractivity contribution >= 4 is 34.3 Å². The summed E-state index contributed by atoms with van der Waals surface area (Å²) in [6, 6.07) is 14.7. The number of aromatic hydroxyl groups is 1. The van der Waals surface area contributed by atoms with Crippen LogP contribution in [0, 0.1) is 36.5 Å². The maximum absolute atomic E-state index is 11.3. The van der Waals surface area contributed by atoms with E-state index in [2.05, 4.69) is 37.4 Å². The molecule has 9 nitrogen and oxygen atoms in total. The number of benzene rings is 2. The molecule has 0 radical (unpaired) electrons. The molecule has 224 valence electrons. The first-order valence-electron chi connectivity index (χ1n) is 12.6. The van der Waals surface area contributed by atoms with Crippen molar-refractivity contribution in [1.29, 1.82) is 0 Å². The van der Waals surface area contributed by atoms with Gasteiger partial charge >= 0.3 is 115 Å². The minimum absolute atomic E-state index is 0. The van der Waals surface area contributed by atoms with Crippen LogP contribution in [-0.2, 0) is 28.7 Å². The number of alkyl halides is 2. The monoisotopic (exact) mass is 715 g/mol. The molecule has 2 aromatic carbocycles. The molecular formula is C30H34BrFK2O9. The van der Waals surface area contributed by atoms with Gasteiger partial charge in [0.15, 0.2) is 0 Å². The summed E-state index contributed by atoms with van der Waals surface area (Å²) >= 11 is 3.01. The minimum atomic E-state index is -1.00. The fraction of sp³-hybridized carbons (Fsp3) is 0.367. The van der Waals surface area contributed by atoms with Crippen molar-refractivity contribution in [2.45, 2.75) is 24.7 Å². The van der Waals surface area contributed by atoms with Gasteiger partial charge in [0, 0.05) is 0 Å². The molecule has 0 aliphatic heterocycles. The molecule has 13 heteroatoms. The van der Waals surface area contributed by atoms with Crippen LogP contribution in [-0.4, -0.2) is 56.8 Å². The van der Waals surface area contributed by atoms with Crippen LogP contribution in [0.1, 0.15) is 38.6 Å². The summed E-state index contributed by atoms with van der Waals surface area (Å²) < 4.78 is 30.2. The molecule has 1 N–H and O–H groups in total. The maximum Gasteiger partial charge on any atom is 1.00 e. The number of phenols is 1. The summed E-state index contributed by atoms with van der Waals surface area (Å²) in [6.45, 7) is 0.0908. The van der Waals surface area contributed by atoms with Crippen molar-refractivity contribution < 1.29 is 154 Å². The third-order valence-corrected chi connectivity index (χ3v) is 5.98. The van der Waals surface area contributed by atoms with Gasteiger partial charge in [0.2, 0.25) is 0 Å². The SMILES string of the molecule is C#CCBr.C#CCOc1ccc(C2CC2C(=O)OC)cc1.COC(=O)C1CC1c1ccc(O)cc1.O=CO[O-].[2H]CF.[H-].[K+].[K+]. The minimum Gasteiger partial charge on any atom is -1.00 e. The molecule has 2 aliphatic rings. The van der Waals surface area contributed by atoms with Gasteiger partial charge in [0.05, 0.1) is 39.9 Å². The Morgan fingerprint density at radius 1 is 1.02 bits per heavy atom. The Morgan fingerprint density at radius 2 is 1.40 bits per heavy atom. The van der Waals surface area contributed by atoms with Crippen molar-refractivity contribution in [3.63, 3.8) is 0 Å². The molecule has 2 aromatic rings. The standard InChI is InChI=1S/C14H14O3.C11H12O3.C3H3Br.CH3F.CH2O3.2K.H/c1-3-8-17-11-6-4-10(5-7-11)12-9-13(12)14(15)16-2;1-14-11(13)10-6-9(10)7-2-4-8(12)5-3-7;1-2-3-4;1-2;2-1-4-3;;;/h1,4-7,12-13H,8-9H2,2H3;2-5,9-10,12H,6H2,1H3;1H,3H2;1H3;1,3H;;;/q;;;;;2*+1;-1/p-1/i;;;1D;;;;. The van der Waals surface area contributed by atoms with Gasteiger partial charge in [-0.1, -0.05) is 52.0 Å². The van der Waals surface area contributed by atoms with Gasteiger partial charge in [0.1, 0.15) is 18.1 Å². The summed E-state index contributed by atoms with van der Waals surface area (Å²) in [5.41, 5.74) is 2.24. The van der Waals surface area contributed by atoms with Crippen LogP contribution < -0.4 is 113 Å². The van der Waals surface area contributed by atoms with Gasteiger partial charge in [-0.2, -0.15) is 0 Å². The third kappa shape index (κ3) is 19.4. The van der Waals surface area contributed by atoms with Crippen LogP contribution in [0.4, 0.5) is 4.39 Å². The van der Waals surface area contributed by atoms with E-state index in [4.69, 9.17) is 38.8 Å². The number of hydrogen-bond donors (Lipinski definition) is 1. The topological polar surface area (TPSA) is 131 Å². The number of halogens is 2. The normalized spacial score (nSPS) is 17.8. The van der Waals surface area contributed by atoms with Crippen LogP contribution in [0.2, 0.25) is 0 Å². The molecule has 0 heterocycles. The molecule has 4 atom stereocenters. The van der Waals surface area contributed by atoms with Crippen molar-refractivity contribution in [2.24, 2.45) is 11.8 Å². The van der Waals surface area contributed by atoms with Gasteiger partial charge in [-0.05, 0) is 60.1 Å². The van der Waals surface area contributed by atoms with Gasteiger partial charge in [-0.15, -0.1) is 12.8 Å². The summed E-state index contributed by atoms with van der Waals surface area (Å²) in [7, 11) is 1.84. The van der Waals surface area contributed by atoms with Crippen LogP contribution in [0.3, 0.4) is 0 Å². The van der Waals surface area contributed by atoms with Crippen LogP contribution >= 0.6 is 15.9 Å². The first-order valence-corrected chi connectivity index (χ1v) is 13.0. The Hall–Kier alpha value is -0.787. The average Bonchev–Trinajstić information content (AvgIpc) is 3.96. The zero-order valence-electron chi connectivity index (χ0n) is 26.7. The molecule has 0 saturated heterocycles. The molecule has 0 aromatic heterocycles. The van der Waals surface area contributed by atoms with Crippen LogP contribution in [0.5, 0.6) is 11.5 Å². The van der Waals surface area contributed by atoms with E-state index in [0.717, 1.165) is 29.7 Å². The van der Waals surface area contributed by atoms with E-state index < -0.39 is 7.15 Å². The fourth-order valence-corrected chi connectivity index (χ4v) is 3.61. The first-order chi connectivity index (χ1) is 20.2. The largest absolute Gasteiger partial charge is 1.00 e. The van der Waals surface area contributed by atoms with Gasteiger partial charge < -0.3 is 30.9 Å². The molecule has 0 bridgehead atoms. The Morgan fingerprint density at radius 3 is 1.70 bits per heavy atom.